The van der Waals surface area contributed by atoms with E-state index in [1.54, 1.807) is 0 Å². The minimum atomic E-state index is -0.733. The summed E-state index contributed by atoms with van der Waals surface area (Å²) in [5, 5.41) is 11.6. The van der Waals surface area contributed by atoms with Crippen LogP contribution in [0.3, 0.4) is 0 Å². The monoisotopic (exact) mass is 295 g/mol. The summed E-state index contributed by atoms with van der Waals surface area (Å²) in [6.45, 7) is 0.697. The molecule has 0 radical (unpaired) electrons. The number of unbranched alkanes of at least 4 members (excludes halogenated alkanes) is 2. The lowest BCUT2D eigenvalue weighted by molar-refractivity contribution is -0.137. The minimum absolute atomic E-state index is 0.225. The third-order valence-electron chi connectivity index (χ3n) is 5.28. The summed E-state index contributed by atoms with van der Waals surface area (Å²) in [7, 11) is 0. The van der Waals surface area contributed by atoms with E-state index >= 15 is 0 Å². The van der Waals surface area contributed by atoms with E-state index in [9.17, 15) is 9.59 Å². The molecule has 2 aliphatic rings. The summed E-state index contributed by atoms with van der Waals surface area (Å²) in [6.07, 6.45) is 11.5. The van der Waals surface area contributed by atoms with Gasteiger partial charge in [-0.15, -0.1) is 0 Å². The molecule has 0 bridgehead atoms. The number of rotatable bonds is 7. The Morgan fingerprint density at radius 2 is 1.71 bits per heavy atom. The van der Waals surface area contributed by atoms with Crippen LogP contribution in [-0.2, 0) is 9.59 Å². The predicted octanol–water partition coefficient (Wildman–Crippen LogP) is 3.35. The molecular weight excluding hydrogens is 266 g/mol. The second kappa shape index (κ2) is 8.40. The Balaban J connectivity index is 1.59. The van der Waals surface area contributed by atoms with Crippen molar-refractivity contribution in [3.05, 3.63) is 0 Å². The molecule has 0 aromatic heterocycles. The van der Waals surface area contributed by atoms with Crippen molar-refractivity contribution in [2.45, 2.75) is 70.6 Å². The number of fused-ring (bicyclic) bond motifs is 1. The molecule has 0 aromatic rings. The maximum atomic E-state index is 12.2. The van der Waals surface area contributed by atoms with Crippen LogP contribution in [0, 0.1) is 17.8 Å². The standard InChI is InChI=1S/C17H29NO3/c19-16(20)8-2-1-5-11-18-17(21)15-10-9-13-6-3-4-7-14(13)12-15/h13-15H,1-12H2,(H,18,21)(H,19,20). The molecule has 3 unspecified atom stereocenters. The molecule has 2 rings (SSSR count). The molecule has 21 heavy (non-hydrogen) atoms. The first-order chi connectivity index (χ1) is 10.2. The highest BCUT2D eigenvalue weighted by Gasteiger charge is 2.34. The van der Waals surface area contributed by atoms with Crippen LogP contribution >= 0.6 is 0 Å². The Morgan fingerprint density at radius 1 is 0.952 bits per heavy atom. The van der Waals surface area contributed by atoms with Gasteiger partial charge in [-0.3, -0.25) is 9.59 Å². The van der Waals surface area contributed by atoms with E-state index in [4.69, 9.17) is 5.11 Å². The van der Waals surface area contributed by atoms with Crippen LogP contribution in [0.2, 0.25) is 0 Å². The van der Waals surface area contributed by atoms with E-state index in [1.807, 2.05) is 0 Å². The molecule has 0 heterocycles. The number of hydrogen-bond acceptors (Lipinski definition) is 2. The molecule has 4 nitrogen and oxygen atoms in total. The lowest BCUT2D eigenvalue weighted by Gasteiger charge is -2.38. The summed E-state index contributed by atoms with van der Waals surface area (Å²) < 4.78 is 0. The van der Waals surface area contributed by atoms with Gasteiger partial charge in [0.05, 0.1) is 0 Å². The maximum absolute atomic E-state index is 12.2. The van der Waals surface area contributed by atoms with Crippen molar-refractivity contribution in [2.24, 2.45) is 17.8 Å². The number of amides is 1. The number of hydrogen-bond donors (Lipinski definition) is 2. The summed E-state index contributed by atoms with van der Waals surface area (Å²) in [5.41, 5.74) is 0. The Hall–Kier alpha value is -1.06. The Morgan fingerprint density at radius 3 is 2.48 bits per heavy atom. The highest BCUT2D eigenvalue weighted by Crippen LogP contribution is 2.42. The van der Waals surface area contributed by atoms with E-state index in [0.717, 1.165) is 37.5 Å². The van der Waals surface area contributed by atoms with Crippen molar-refractivity contribution < 1.29 is 14.7 Å². The summed E-state index contributed by atoms with van der Waals surface area (Å²) in [6, 6.07) is 0. The van der Waals surface area contributed by atoms with Crippen LogP contribution in [0.1, 0.15) is 70.6 Å². The molecule has 3 atom stereocenters. The van der Waals surface area contributed by atoms with Crippen molar-refractivity contribution in [2.75, 3.05) is 6.54 Å². The maximum Gasteiger partial charge on any atom is 0.303 e. The zero-order chi connectivity index (χ0) is 15.1. The molecule has 2 saturated carbocycles. The number of carbonyl (C=O) groups excluding carboxylic acids is 1. The van der Waals surface area contributed by atoms with Crippen molar-refractivity contribution in [3.63, 3.8) is 0 Å². The number of nitrogens with one attached hydrogen (secondary N) is 1. The molecular formula is C17H29NO3. The molecule has 0 aliphatic heterocycles. The first kappa shape index (κ1) is 16.3. The molecule has 0 aromatic carbocycles. The highest BCUT2D eigenvalue weighted by atomic mass is 16.4. The van der Waals surface area contributed by atoms with Gasteiger partial charge in [0.2, 0.25) is 5.91 Å². The largest absolute Gasteiger partial charge is 0.481 e. The van der Waals surface area contributed by atoms with Crippen molar-refractivity contribution in [1.82, 2.24) is 5.32 Å². The third kappa shape index (κ3) is 5.33. The average Bonchev–Trinajstić information content (AvgIpc) is 2.49. The minimum Gasteiger partial charge on any atom is -0.481 e. The van der Waals surface area contributed by atoms with Crippen LogP contribution in [0.25, 0.3) is 0 Å². The van der Waals surface area contributed by atoms with E-state index < -0.39 is 5.97 Å². The zero-order valence-corrected chi connectivity index (χ0v) is 13.0. The SMILES string of the molecule is O=C(O)CCCCCNC(=O)C1CCC2CCCCC2C1. The molecule has 2 aliphatic carbocycles. The predicted molar refractivity (Wildman–Crippen MR) is 81.9 cm³/mol. The van der Waals surface area contributed by atoms with Crippen LogP contribution in [0.4, 0.5) is 0 Å². The molecule has 2 fully saturated rings. The smallest absolute Gasteiger partial charge is 0.303 e. The van der Waals surface area contributed by atoms with Gasteiger partial charge in [-0.05, 0) is 43.9 Å². The van der Waals surface area contributed by atoms with Gasteiger partial charge in [-0.1, -0.05) is 32.1 Å². The van der Waals surface area contributed by atoms with Gasteiger partial charge in [-0.25, -0.2) is 0 Å². The van der Waals surface area contributed by atoms with Crippen molar-refractivity contribution >= 4 is 11.9 Å². The normalized spacial score (nSPS) is 28.7. The van der Waals surface area contributed by atoms with Crippen molar-refractivity contribution in [1.29, 1.82) is 0 Å². The van der Waals surface area contributed by atoms with Crippen LogP contribution in [0.5, 0.6) is 0 Å². The summed E-state index contributed by atoms with van der Waals surface area (Å²) >= 11 is 0. The molecule has 2 N–H and O–H groups in total. The van der Waals surface area contributed by atoms with Gasteiger partial charge >= 0.3 is 5.97 Å². The second-order valence-electron chi connectivity index (χ2n) is 6.81. The van der Waals surface area contributed by atoms with E-state index in [1.165, 1.54) is 32.1 Å². The zero-order valence-electron chi connectivity index (χ0n) is 13.0. The Bertz CT molecular complexity index is 356. The van der Waals surface area contributed by atoms with E-state index in [-0.39, 0.29) is 18.2 Å². The average molecular weight is 295 g/mol. The van der Waals surface area contributed by atoms with E-state index in [0.29, 0.717) is 13.0 Å². The van der Waals surface area contributed by atoms with Crippen LogP contribution in [0.15, 0.2) is 0 Å². The number of carboxylic acids is 1. The third-order valence-corrected chi connectivity index (χ3v) is 5.28. The Kier molecular flexibility index (Phi) is 6.52. The van der Waals surface area contributed by atoms with Crippen molar-refractivity contribution in [3.8, 4) is 0 Å². The number of carboxylic acid groups (broad SMARTS) is 1. The van der Waals surface area contributed by atoms with Gasteiger partial charge in [0.25, 0.3) is 0 Å². The van der Waals surface area contributed by atoms with E-state index in [2.05, 4.69) is 5.32 Å². The molecule has 120 valence electrons. The fraction of sp³-hybridized carbons (Fsp3) is 0.882. The fourth-order valence-electron chi connectivity index (χ4n) is 4.05. The number of carbonyl (C=O) groups is 2. The first-order valence-corrected chi connectivity index (χ1v) is 8.66. The molecule has 0 saturated heterocycles. The lowest BCUT2D eigenvalue weighted by Crippen LogP contribution is -2.37. The first-order valence-electron chi connectivity index (χ1n) is 8.66. The molecule has 1 amide bonds. The fourth-order valence-corrected chi connectivity index (χ4v) is 4.05. The lowest BCUT2D eigenvalue weighted by atomic mass is 9.67. The topological polar surface area (TPSA) is 66.4 Å². The van der Waals surface area contributed by atoms with Crippen LogP contribution < -0.4 is 5.32 Å². The molecule has 4 heteroatoms. The van der Waals surface area contributed by atoms with Gasteiger partial charge < -0.3 is 10.4 Å². The second-order valence-corrected chi connectivity index (χ2v) is 6.81. The summed E-state index contributed by atoms with van der Waals surface area (Å²) in [5.74, 6) is 1.40. The van der Waals surface area contributed by atoms with Gasteiger partial charge in [-0.2, -0.15) is 0 Å². The highest BCUT2D eigenvalue weighted by molar-refractivity contribution is 5.78. The quantitative estimate of drug-likeness (QED) is 0.708. The van der Waals surface area contributed by atoms with Gasteiger partial charge in [0, 0.05) is 18.9 Å². The van der Waals surface area contributed by atoms with Gasteiger partial charge in [0.15, 0.2) is 0 Å². The number of aliphatic carboxylic acids is 1. The Labute approximate surface area is 127 Å². The molecule has 0 spiro atoms. The van der Waals surface area contributed by atoms with Gasteiger partial charge in [0.1, 0.15) is 0 Å². The van der Waals surface area contributed by atoms with Crippen LogP contribution in [-0.4, -0.2) is 23.5 Å². The summed E-state index contributed by atoms with van der Waals surface area (Å²) in [4.78, 5) is 22.6.